The summed E-state index contributed by atoms with van der Waals surface area (Å²) in [4.78, 5) is 25.8. The van der Waals surface area contributed by atoms with Gasteiger partial charge in [0.25, 0.3) is 5.91 Å². The predicted octanol–water partition coefficient (Wildman–Crippen LogP) is 2.01. The zero-order valence-electron chi connectivity index (χ0n) is 16.2. The third kappa shape index (κ3) is 6.50. The van der Waals surface area contributed by atoms with E-state index in [-0.39, 0.29) is 25.2 Å². The van der Waals surface area contributed by atoms with Gasteiger partial charge in [-0.1, -0.05) is 22.6 Å². The van der Waals surface area contributed by atoms with Crippen LogP contribution in [0.1, 0.15) is 33.2 Å². The van der Waals surface area contributed by atoms with Gasteiger partial charge in [-0.2, -0.15) is 13.2 Å². The molecule has 0 bridgehead atoms. The number of hydrogen-bond acceptors (Lipinski definition) is 8. The molecule has 3 aromatic rings. The van der Waals surface area contributed by atoms with Gasteiger partial charge in [-0.15, -0.1) is 15.3 Å². The molecule has 2 N–H and O–H groups in total. The Bertz CT molecular complexity index is 1050. The van der Waals surface area contributed by atoms with Crippen LogP contribution in [-0.4, -0.2) is 48.7 Å². The summed E-state index contributed by atoms with van der Waals surface area (Å²) in [5, 5.41) is 20.7. The minimum absolute atomic E-state index is 0.0641. The topological polar surface area (TPSA) is 128 Å². The number of aryl methyl sites for hydroxylation is 1. The van der Waals surface area contributed by atoms with E-state index in [9.17, 15) is 27.2 Å². The van der Waals surface area contributed by atoms with Crippen LogP contribution in [0.3, 0.4) is 0 Å². The van der Waals surface area contributed by atoms with Gasteiger partial charge in [0.15, 0.2) is 5.69 Å². The molecule has 32 heavy (non-hydrogen) atoms. The Labute approximate surface area is 182 Å². The molecule has 0 fully saturated rings. The quantitative estimate of drug-likeness (QED) is 0.341. The maximum Gasteiger partial charge on any atom is 0.433 e. The van der Waals surface area contributed by atoms with Crippen LogP contribution in [0.5, 0.6) is 0 Å². The first-order valence-electron chi connectivity index (χ1n) is 9.11. The Morgan fingerprint density at radius 2 is 2.06 bits per heavy atom. The number of carbonyl (C=O) groups is 2. The average molecular weight is 472 g/mol. The lowest BCUT2D eigenvalue weighted by Gasteiger charge is -2.07. The summed E-state index contributed by atoms with van der Waals surface area (Å²) < 4.78 is 53.0. The largest absolute Gasteiger partial charge is 0.433 e. The molecule has 170 valence electrons. The van der Waals surface area contributed by atoms with Gasteiger partial charge in [0.1, 0.15) is 16.9 Å². The van der Waals surface area contributed by atoms with Crippen LogP contribution >= 0.6 is 11.3 Å². The standard InChI is InChI=1S/C17H16F4N8O2S/c18-11(2-4-14-26-27-16(32-14)24-9-30)7-29-8-12(25-28-29)15(31)23-6-10-1-3-13(22-5-10)17(19,20)21/h1,3,5,8-9,11H,2,4,6-7H2,(H,23,31)(H,24,27,30). The van der Waals surface area contributed by atoms with E-state index in [1.807, 2.05) is 0 Å². The summed E-state index contributed by atoms with van der Waals surface area (Å²) in [6, 6.07) is 2.02. The minimum Gasteiger partial charge on any atom is -0.346 e. The Morgan fingerprint density at radius 1 is 1.25 bits per heavy atom. The number of carbonyl (C=O) groups excluding carboxylic acids is 2. The molecule has 2 amide bonds. The summed E-state index contributed by atoms with van der Waals surface area (Å²) in [5.41, 5.74) is -0.725. The van der Waals surface area contributed by atoms with Crippen molar-refractivity contribution >= 4 is 28.8 Å². The summed E-state index contributed by atoms with van der Waals surface area (Å²) in [7, 11) is 0. The van der Waals surface area contributed by atoms with E-state index in [4.69, 9.17) is 0 Å². The maximum atomic E-state index is 14.2. The highest BCUT2D eigenvalue weighted by Crippen LogP contribution is 2.27. The van der Waals surface area contributed by atoms with Gasteiger partial charge in [0.2, 0.25) is 11.5 Å². The molecule has 0 aliphatic rings. The summed E-state index contributed by atoms with van der Waals surface area (Å²) >= 11 is 1.14. The summed E-state index contributed by atoms with van der Waals surface area (Å²) in [6.07, 6.45) is -2.64. The van der Waals surface area contributed by atoms with Crippen molar-refractivity contribution < 1.29 is 27.2 Å². The number of anilines is 1. The van der Waals surface area contributed by atoms with E-state index in [2.05, 4.69) is 36.1 Å². The second-order valence-electron chi connectivity index (χ2n) is 6.46. The number of aromatic nitrogens is 6. The Balaban J connectivity index is 1.45. The molecular weight excluding hydrogens is 456 g/mol. The number of nitrogens with one attached hydrogen (secondary N) is 2. The second kappa shape index (κ2) is 10.2. The number of hydrogen-bond donors (Lipinski definition) is 2. The highest BCUT2D eigenvalue weighted by Gasteiger charge is 2.32. The first-order chi connectivity index (χ1) is 15.2. The molecule has 0 aromatic carbocycles. The first kappa shape index (κ1) is 23.2. The SMILES string of the molecule is O=CNc1nnc(CCC(F)Cn2cc(C(=O)NCc3ccc(C(F)(F)F)nc3)nn2)s1. The molecule has 15 heteroatoms. The number of alkyl halides is 4. The smallest absolute Gasteiger partial charge is 0.346 e. The second-order valence-corrected chi connectivity index (χ2v) is 7.52. The monoisotopic (exact) mass is 472 g/mol. The predicted molar refractivity (Wildman–Crippen MR) is 103 cm³/mol. The van der Waals surface area contributed by atoms with Crippen LogP contribution in [0.2, 0.25) is 0 Å². The van der Waals surface area contributed by atoms with Crippen LogP contribution in [-0.2, 0) is 30.5 Å². The van der Waals surface area contributed by atoms with Gasteiger partial charge in [-0.05, 0) is 18.1 Å². The number of nitrogens with zero attached hydrogens (tertiary/aromatic N) is 6. The van der Waals surface area contributed by atoms with Gasteiger partial charge in [-0.3, -0.25) is 14.6 Å². The molecule has 10 nitrogen and oxygen atoms in total. The molecule has 0 saturated carbocycles. The fourth-order valence-corrected chi connectivity index (χ4v) is 3.21. The van der Waals surface area contributed by atoms with Gasteiger partial charge in [0, 0.05) is 19.2 Å². The van der Waals surface area contributed by atoms with Gasteiger partial charge in [-0.25, -0.2) is 9.07 Å². The van der Waals surface area contributed by atoms with Crippen LogP contribution in [0.4, 0.5) is 22.7 Å². The summed E-state index contributed by atoms with van der Waals surface area (Å²) in [5.74, 6) is -0.615. The molecule has 3 heterocycles. The molecule has 0 radical (unpaired) electrons. The first-order valence-corrected chi connectivity index (χ1v) is 9.93. The van der Waals surface area contributed by atoms with Crippen molar-refractivity contribution in [2.75, 3.05) is 5.32 Å². The van der Waals surface area contributed by atoms with Gasteiger partial charge < -0.3 is 10.6 Å². The van der Waals surface area contributed by atoms with Crippen molar-refractivity contribution in [3.05, 3.63) is 46.5 Å². The fourth-order valence-electron chi connectivity index (χ4n) is 2.50. The van der Waals surface area contributed by atoms with Crippen LogP contribution in [0, 0.1) is 0 Å². The third-order valence-electron chi connectivity index (χ3n) is 4.05. The molecule has 3 aromatic heterocycles. The van der Waals surface area contributed by atoms with E-state index in [1.165, 1.54) is 16.9 Å². The van der Waals surface area contributed by atoms with Crippen LogP contribution in [0.15, 0.2) is 24.5 Å². The van der Waals surface area contributed by atoms with Gasteiger partial charge in [0.05, 0.1) is 12.7 Å². The molecule has 1 unspecified atom stereocenters. The lowest BCUT2D eigenvalue weighted by Crippen LogP contribution is -2.23. The number of amides is 2. The number of rotatable bonds is 10. The Morgan fingerprint density at radius 3 is 2.75 bits per heavy atom. The lowest BCUT2D eigenvalue weighted by molar-refractivity contribution is -0.141. The van der Waals surface area contributed by atoms with E-state index in [1.54, 1.807) is 0 Å². The van der Waals surface area contributed by atoms with Crippen molar-refractivity contribution in [2.24, 2.45) is 0 Å². The number of halogens is 4. The average Bonchev–Trinajstić information content (AvgIpc) is 3.40. The van der Waals surface area contributed by atoms with E-state index in [0.717, 1.165) is 23.6 Å². The molecule has 0 spiro atoms. The van der Waals surface area contributed by atoms with Crippen molar-refractivity contribution in [2.45, 2.75) is 38.3 Å². The zero-order chi connectivity index (χ0) is 23.1. The third-order valence-corrected chi connectivity index (χ3v) is 4.96. The highest BCUT2D eigenvalue weighted by molar-refractivity contribution is 7.15. The van der Waals surface area contributed by atoms with E-state index < -0.39 is 23.9 Å². The Kier molecular flexibility index (Phi) is 7.40. The zero-order valence-corrected chi connectivity index (χ0v) is 17.0. The Hall–Kier alpha value is -3.49. The van der Waals surface area contributed by atoms with Crippen LogP contribution < -0.4 is 10.6 Å². The minimum atomic E-state index is -4.54. The van der Waals surface area contributed by atoms with Gasteiger partial charge >= 0.3 is 6.18 Å². The fraction of sp³-hybridized carbons (Fsp3) is 0.353. The molecule has 3 rings (SSSR count). The summed E-state index contributed by atoms with van der Waals surface area (Å²) in [6.45, 7) is -0.202. The highest BCUT2D eigenvalue weighted by atomic mass is 32.1. The maximum absolute atomic E-state index is 14.2. The van der Waals surface area contributed by atoms with Crippen LogP contribution in [0.25, 0.3) is 0 Å². The molecule has 0 saturated heterocycles. The lowest BCUT2D eigenvalue weighted by atomic mass is 10.2. The van der Waals surface area contributed by atoms with Crippen molar-refractivity contribution in [1.29, 1.82) is 0 Å². The number of pyridine rings is 1. The van der Waals surface area contributed by atoms with E-state index in [0.29, 0.717) is 28.5 Å². The molecular formula is C17H16F4N8O2S. The normalized spacial score (nSPS) is 12.4. The van der Waals surface area contributed by atoms with E-state index >= 15 is 0 Å². The van der Waals surface area contributed by atoms with Crippen molar-refractivity contribution in [3.8, 4) is 0 Å². The molecule has 0 aliphatic heterocycles. The molecule has 0 aliphatic carbocycles. The van der Waals surface area contributed by atoms with Crippen molar-refractivity contribution in [1.82, 2.24) is 35.5 Å². The van der Waals surface area contributed by atoms with Crippen molar-refractivity contribution in [3.63, 3.8) is 0 Å². The molecule has 1 atom stereocenters.